The predicted octanol–water partition coefficient (Wildman–Crippen LogP) is 3.04. The average molecular weight is 237 g/mol. The lowest BCUT2D eigenvalue weighted by Gasteiger charge is -2.17. The van der Waals surface area contributed by atoms with E-state index < -0.39 is 0 Å². The van der Waals surface area contributed by atoms with Crippen LogP contribution in [0.1, 0.15) is 31.2 Å². The van der Waals surface area contributed by atoms with Gasteiger partial charge in [-0.15, -0.1) is 5.10 Å². The molecule has 86 valence electrons. The molecule has 0 saturated carbocycles. The summed E-state index contributed by atoms with van der Waals surface area (Å²) in [6.45, 7) is 4.39. The number of rotatable bonds is 4. The zero-order chi connectivity index (χ0) is 11.5. The maximum absolute atomic E-state index is 5.30. The third-order valence-electron chi connectivity index (χ3n) is 2.73. The second-order valence-electron chi connectivity index (χ2n) is 4.21. The molecule has 2 heterocycles. The van der Waals surface area contributed by atoms with Crippen LogP contribution in [0.15, 0.2) is 22.9 Å². The molecule has 2 aromatic rings. The molecule has 0 spiro atoms. The third kappa shape index (κ3) is 2.41. The second kappa shape index (κ2) is 4.65. The van der Waals surface area contributed by atoms with Crippen molar-refractivity contribution in [3.05, 3.63) is 34.8 Å². The van der Waals surface area contributed by atoms with E-state index >= 15 is 0 Å². The lowest BCUT2D eigenvalue weighted by molar-refractivity contribution is 0.416. The zero-order valence-corrected chi connectivity index (χ0v) is 10.2. The van der Waals surface area contributed by atoms with Crippen LogP contribution in [0.2, 0.25) is 0 Å². The molecular weight excluding hydrogens is 222 g/mol. The molecule has 0 saturated heterocycles. The first-order valence-electron chi connectivity index (χ1n) is 5.34. The van der Waals surface area contributed by atoms with Gasteiger partial charge in [0.2, 0.25) is 5.89 Å². The Bertz CT molecular complexity index is 483. The average Bonchev–Trinajstić information content (AvgIpc) is 2.84. The maximum Gasteiger partial charge on any atom is 0.284 e. The molecule has 5 heteroatoms. The van der Waals surface area contributed by atoms with Crippen LogP contribution in [0.4, 0.5) is 0 Å². The highest BCUT2D eigenvalue weighted by atomic mass is 32.1. The molecule has 2 aromatic heterocycles. The van der Waals surface area contributed by atoms with Crippen LogP contribution in [0.25, 0.3) is 0 Å². The molecule has 4 nitrogen and oxygen atoms in total. The number of aromatic amines is 2. The molecule has 0 fully saturated rings. The molecule has 1 atom stereocenters. The van der Waals surface area contributed by atoms with E-state index in [2.05, 4.69) is 35.1 Å². The summed E-state index contributed by atoms with van der Waals surface area (Å²) in [5.74, 6) is 1.59. The van der Waals surface area contributed by atoms with Gasteiger partial charge in [0.05, 0.1) is 0 Å². The first-order chi connectivity index (χ1) is 7.66. The topological polar surface area (TPSA) is 57.6 Å². The Kier molecular flexibility index (Phi) is 3.24. The van der Waals surface area contributed by atoms with E-state index in [9.17, 15) is 0 Å². The Morgan fingerprint density at radius 2 is 2.31 bits per heavy atom. The van der Waals surface area contributed by atoms with Gasteiger partial charge in [-0.1, -0.05) is 13.8 Å². The molecule has 2 N–H and O–H groups in total. The van der Waals surface area contributed by atoms with Gasteiger partial charge in [-0.05, 0) is 35.7 Å². The van der Waals surface area contributed by atoms with Gasteiger partial charge in [-0.2, -0.15) is 0 Å². The summed E-state index contributed by atoms with van der Waals surface area (Å²) in [5.41, 5.74) is 1.28. The van der Waals surface area contributed by atoms with Crippen molar-refractivity contribution in [2.45, 2.75) is 26.2 Å². The highest BCUT2D eigenvalue weighted by molar-refractivity contribution is 7.71. The summed E-state index contributed by atoms with van der Waals surface area (Å²) < 4.78 is 5.30. The molecule has 0 aliphatic heterocycles. The van der Waals surface area contributed by atoms with E-state index in [0.717, 1.165) is 6.42 Å². The van der Waals surface area contributed by atoms with E-state index in [1.54, 1.807) is 0 Å². The number of H-pyrrole nitrogens is 2. The summed E-state index contributed by atoms with van der Waals surface area (Å²) >= 11 is 4.86. The number of nitrogens with zero attached hydrogens (tertiary/aromatic N) is 1. The van der Waals surface area contributed by atoms with Crippen LogP contribution in [0, 0.1) is 10.8 Å². The Labute approximate surface area is 99.1 Å². The normalized spacial score (nSPS) is 13.2. The molecule has 0 bridgehead atoms. The maximum atomic E-state index is 5.30. The fraction of sp³-hybridized carbons (Fsp3) is 0.455. The van der Waals surface area contributed by atoms with Crippen molar-refractivity contribution in [2.24, 2.45) is 5.92 Å². The minimum absolute atomic E-state index is 0.339. The molecule has 0 aromatic carbocycles. The Morgan fingerprint density at radius 3 is 2.81 bits per heavy atom. The minimum atomic E-state index is 0.339. The van der Waals surface area contributed by atoms with Crippen molar-refractivity contribution in [3.63, 3.8) is 0 Å². The van der Waals surface area contributed by atoms with Gasteiger partial charge in [0.1, 0.15) is 0 Å². The summed E-state index contributed by atoms with van der Waals surface area (Å²) in [5, 5.41) is 6.69. The molecule has 0 aliphatic rings. The standard InChI is InChI=1S/C11H15N3OS/c1-7(2)9(8-3-4-12-6-8)5-10-13-14-11(16)15-10/h3-4,6-7,9,12H,5H2,1-2H3,(H,14,16). The third-order valence-corrected chi connectivity index (χ3v) is 2.91. The van der Waals surface area contributed by atoms with Crippen LogP contribution >= 0.6 is 12.2 Å². The predicted molar refractivity (Wildman–Crippen MR) is 63.8 cm³/mol. The van der Waals surface area contributed by atoms with Gasteiger partial charge in [0, 0.05) is 18.8 Å². The second-order valence-corrected chi connectivity index (χ2v) is 4.58. The quantitative estimate of drug-likeness (QED) is 0.803. The molecule has 2 rings (SSSR count). The van der Waals surface area contributed by atoms with Crippen molar-refractivity contribution in [1.82, 2.24) is 15.2 Å². The number of aromatic nitrogens is 3. The van der Waals surface area contributed by atoms with Gasteiger partial charge >= 0.3 is 0 Å². The first-order valence-corrected chi connectivity index (χ1v) is 5.74. The highest BCUT2D eigenvalue weighted by Gasteiger charge is 2.19. The zero-order valence-electron chi connectivity index (χ0n) is 9.36. The molecule has 1 unspecified atom stereocenters. The van der Waals surface area contributed by atoms with Crippen molar-refractivity contribution in [3.8, 4) is 0 Å². The van der Waals surface area contributed by atoms with E-state index in [4.69, 9.17) is 16.6 Å². The van der Waals surface area contributed by atoms with E-state index in [0.29, 0.717) is 22.6 Å². The summed E-state index contributed by atoms with van der Waals surface area (Å²) in [6, 6.07) is 2.09. The van der Waals surface area contributed by atoms with Crippen LogP contribution in [-0.2, 0) is 6.42 Å². The summed E-state index contributed by atoms with van der Waals surface area (Å²) in [7, 11) is 0. The van der Waals surface area contributed by atoms with Gasteiger partial charge in [-0.3, -0.25) is 0 Å². The molecule has 0 radical (unpaired) electrons. The Balaban J connectivity index is 2.18. The van der Waals surface area contributed by atoms with Crippen molar-refractivity contribution < 1.29 is 4.42 Å². The SMILES string of the molecule is CC(C)C(Cc1n[nH]c(=S)o1)c1cc[nH]c1. The Morgan fingerprint density at radius 1 is 1.50 bits per heavy atom. The molecule has 0 aliphatic carbocycles. The lowest BCUT2D eigenvalue weighted by Crippen LogP contribution is -2.09. The number of nitrogens with one attached hydrogen (secondary N) is 2. The largest absolute Gasteiger partial charge is 0.414 e. The fourth-order valence-electron chi connectivity index (χ4n) is 1.84. The van der Waals surface area contributed by atoms with Gasteiger partial charge < -0.3 is 9.40 Å². The fourth-order valence-corrected chi connectivity index (χ4v) is 1.98. The number of hydrogen-bond acceptors (Lipinski definition) is 3. The van der Waals surface area contributed by atoms with Crippen LogP contribution < -0.4 is 0 Å². The van der Waals surface area contributed by atoms with E-state index in [-0.39, 0.29) is 0 Å². The van der Waals surface area contributed by atoms with Gasteiger partial charge in [0.25, 0.3) is 4.84 Å². The van der Waals surface area contributed by atoms with Crippen LogP contribution in [0.5, 0.6) is 0 Å². The highest BCUT2D eigenvalue weighted by Crippen LogP contribution is 2.27. The van der Waals surface area contributed by atoms with Crippen molar-refractivity contribution in [1.29, 1.82) is 0 Å². The monoisotopic (exact) mass is 237 g/mol. The number of hydrogen-bond donors (Lipinski definition) is 2. The molecule has 16 heavy (non-hydrogen) atoms. The summed E-state index contributed by atoms with van der Waals surface area (Å²) in [4.78, 5) is 3.42. The van der Waals surface area contributed by atoms with Crippen molar-refractivity contribution >= 4 is 12.2 Å². The van der Waals surface area contributed by atoms with Crippen LogP contribution in [0.3, 0.4) is 0 Å². The minimum Gasteiger partial charge on any atom is -0.414 e. The Hall–Kier alpha value is -1.36. The first kappa shape index (κ1) is 11.1. The molecule has 0 amide bonds. The van der Waals surface area contributed by atoms with Crippen LogP contribution in [-0.4, -0.2) is 15.2 Å². The van der Waals surface area contributed by atoms with Crippen molar-refractivity contribution in [2.75, 3.05) is 0 Å². The smallest absolute Gasteiger partial charge is 0.284 e. The van der Waals surface area contributed by atoms with E-state index in [1.165, 1.54) is 5.56 Å². The summed E-state index contributed by atoms with van der Waals surface area (Å²) in [6.07, 6.45) is 4.72. The molecular formula is C11H15N3OS. The lowest BCUT2D eigenvalue weighted by atomic mass is 9.87. The van der Waals surface area contributed by atoms with E-state index in [1.807, 2.05) is 12.4 Å². The van der Waals surface area contributed by atoms with Gasteiger partial charge in [0.15, 0.2) is 0 Å². The van der Waals surface area contributed by atoms with Gasteiger partial charge in [-0.25, -0.2) is 5.10 Å².